The van der Waals surface area contributed by atoms with E-state index in [1.807, 2.05) is 55.7 Å². The number of aryl methyl sites for hydroxylation is 1. The first-order chi connectivity index (χ1) is 24.6. The zero-order valence-corrected chi connectivity index (χ0v) is 33.0. The van der Waals surface area contributed by atoms with Gasteiger partial charge in [-0.3, -0.25) is 0 Å². The van der Waals surface area contributed by atoms with Crippen LogP contribution >= 0.6 is 0 Å². The van der Waals surface area contributed by atoms with Gasteiger partial charge in [0.2, 0.25) is 0 Å². The minimum absolute atomic E-state index is 0. The van der Waals surface area contributed by atoms with Gasteiger partial charge in [0.15, 0.2) is 0 Å². The summed E-state index contributed by atoms with van der Waals surface area (Å²) in [5.41, 5.74) is 12.7. The van der Waals surface area contributed by atoms with Crippen molar-refractivity contribution in [3.63, 3.8) is 0 Å². The Labute approximate surface area is 320 Å². The Morgan fingerprint density at radius 1 is 0.692 bits per heavy atom. The number of furan rings is 1. The van der Waals surface area contributed by atoms with Crippen LogP contribution in [0, 0.1) is 30.4 Å². The summed E-state index contributed by atoms with van der Waals surface area (Å²) in [5, 5.41) is 3.24. The molecule has 0 saturated carbocycles. The summed E-state index contributed by atoms with van der Waals surface area (Å²) in [5.74, 6) is 0.599. The van der Waals surface area contributed by atoms with E-state index in [1.165, 1.54) is 22.3 Å². The number of rotatable bonds is 6. The van der Waals surface area contributed by atoms with Crippen molar-refractivity contribution in [2.24, 2.45) is 11.3 Å². The zero-order valence-electron chi connectivity index (χ0n) is 30.6. The molecule has 0 fully saturated rings. The van der Waals surface area contributed by atoms with E-state index < -0.39 is 0 Å². The molecule has 4 nitrogen and oxygen atoms in total. The fraction of sp³-hybridized carbons (Fsp3) is 0.213. The van der Waals surface area contributed by atoms with Crippen molar-refractivity contribution < 1.29 is 24.5 Å². The number of hydrogen-bond acceptors (Lipinski definition) is 4. The topological polar surface area (TPSA) is 51.8 Å². The maximum atomic E-state index is 6.39. The third-order valence-corrected chi connectivity index (χ3v) is 8.89. The van der Waals surface area contributed by atoms with E-state index in [-0.39, 0.29) is 20.1 Å². The second kappa shape index (κ2) is 15.7. The molecule has 4 heterocycles. The van der Waals surface area contributed by atoms with E-state index in [1.54, 1.807) is 0 Å². The maximum Gasteiger partial charge on any atom is 0.147 e. The Morgan fingerprint density at radius 2 is 1.44 bits per heavy atom. The number of benzene rings is 4. The van der Waals surface area contributed by atoms with Crippen LogP contribution in [0.2, 0.25) is 0 Å². The maximum absolute atomic E-state index is 6.39. The summed E-state index contributed by atoms with van der Waals surface area (Å²) in [4.78, 5) is 13.8. The predicted octanol–water partition coefficient (Wildman–Crippen LogP) is 12.3. The van der Waals surface area contributed by atoms with Crippen LogP contribution in [-0.4, -0.2) is 15.0 Å². The van der Waals surface area contributed by atoms with E-state index >= 15 is 0 Å². The Balaban J connectivity index is 0.000000179. The minimum atomic E-state index is 0. The van der Waals surface area contributed by atoms with E-state index in [2.05, 4.69) is 130 Å². The standard InChI is InChI=1S/C25H21N2O.C22H22N.Ir/c1-15(2)13-17-11-12-26-22(14-17)21-6-4-5-19-20-10-9-18-8-7-16(3)27-23(18)25(20)28-24(19)21;1-22(2,3)16-17-9-11-18(12-10-17)20-13-14-23-21(15-20)19-7-5-4-6-8-19;/h4-5,7-12,14-15H,13H2,1-3H3;4-7,9-15H,16H2,1-3H3;/q2*-1;. The number of pyridine rings is 3. The molecule has 4 aromatic heterocycles. The number of hydrogen-bond donors (Lipinski definition) is 0. The SMILES string of the molecule is CC(C)(C)Cc1ccc(-c2ccnc(-c3[c-]cccc3)c2)cc1.Cc1ccc2ccc3c4cc[c-]c(-c5cc(CC(C)C)ccn5)c4oc3c2n1.[Ir]. The molecule has 263 valence electrons. The molecule has 0 unspecified atom stereocenters. The van der Waals surface area contributed by atoms with Gasteiger partial charge in [0, 0.05) is 49.0 Å². The van der Waals surface area contributed by atoms with Gasteiger partial charge in [-0.25, -0.2) is 4.98 Å². The molecule has 0 aliphatic heterocycles. The molecule has 0 aliphatic carbocycles. The average Bonchev–Trinajstić information content (AvgIpc) is 3.51. The van der Waals surface area contributed by atoms with Crippen LogP contribution < -0.4 is 0 Å². The second-order valence-corrected chi connectivity index (χ2v) is 15.0. The summed E-state index contributed by atoms with van der Waals surface area (Å²) in [6, 6.07) is 44.2. The van der Waals surface area contributed by atoms with E-state index in [9.17, 15) is 0 Å². The first kappa shape index (κ1) is 36.8. The molecule has 0 spiro atoms. The molecule has 8 aromatic rings. The fourth-order valence-electron chi connectivity index (χ4n) is 6.62. The summed E-state index contributed by atoms with van der Waals surface area (Å²) in [6.07, 6.45) is 5.87. The minimum Gasteiger partial charge on any atom is -0.498 e. The van der Waals surface area contributed by atoms with Crippen molar-refractivity contribution >= 4 is 32.8 Å². The molecule has 0 bridgehead atoms. The molecular weight excluding hydrogens is 815 g/mol. The summed E-state index contributed by atoms with van der Waals surface area (Å²) in [7, 11) is 0. The predicted molar refractivity (Wildman–Crippen MR) is 211 cm³/mol. The molecule has 0 saturated heterocycles. The van der Waals surface area contributed by atoms with Crippen molar-refractivity contribution in [3.05, 3.63) is 151 Å². The van der Waals surface area contributed by atoms with Crippen molar-refractivity contribution in [1.29, 1.82) is 0 Å². The van der Waals surface area contributed by atoms with Gasteiger partial charge in [-0.1, -0.05) is 106 Å². The van der Waals surface area contributed by atoms with Gasteiger partial charge in [-0.15, -0.1) is 54.1 Å². The normalized spacial score (nSPS) is 11.4. The summed E-state index contributed by atoms with van der Waals surface area (Å²) >= 11 is 0. The van der Waals surface area contributed by atoms with Crippen LogP contribution in [0.5, 0.6) is 0 Å². The molecule has 5 heteroatoms. The van der Waals surface area contributed by atoms with Gasteiger partial charge in [-0.2, -0.15) is 0 Å². The molecule has 0 amide bonds. The van der Waals surface area contributed by atoms with Gasteiger partial charge in [0.05, 0.1) is 5.58 Å². The van der Waals surface area contributed by atoms with E-state index in [0.29, 0.717) is 11.3 Å². The first-order valence-corrected chi connectivity index (χ1v) is 17.7. The van der Waals surface area contributed by atoms with Gasteiger partial charge in [0.25, 0.3) is 0 Å². The number of fused-ring (bicyclic) bond motifs is 5. The second-order valence-electron chi connectivity index (χ2n) is 15.0. The van der Waals surface area contributed by atoms with Crippen LogP contribution in [0.1, 0.15) is 51.4 Å². The van der Waals surface area contributed by atoms with Gasteiger partial charge < -0.3 is 14.4 Å². The van der Waals surface area contributed by atoms with Gasteiger partial charge >= 0.3 is 0 Å². The van der Waals surface area contributed by atoms with Crippen LogP contribution in [0.15, 0.2) is 126 Å². The molecule has 1 radical (unpaired) electrons. The smallest absolute Gasteiger partial charge is 0.147 e. The fourth-order valence-corrected chi connectivity index (χ4v) is 6.62. The monoisotopic (exact) mass is 858 g/mol. The molecule has 0 aliphatic rings. The van der Waals surface area contributed by atoms with Crippen molar-refractivity contribution in [1.82, 2.24) is 15.0 Å². The Morgan fingerprint density at radius 3 is 2.19 bits per heavy atom. The number of nitrogens with zero attached hydrogens (tertiary/aromatic N) is 3. The Bertz CT molecular complexity index is 2440. The van der Waals surface area contributed by atoms with Crippen LogP contribution in [0.3, 0.4) is 0 Å². The molecule has 4 aromatic carbocycles. The van der Waals surface area contributed by atoms with Crippen LogP contribution in [0.25, 0.3) is 66.5 Å². The van der Waals surface area contributed by atoms with Gasteiger partial charge in [-0.05, 0) is 77.4 Å². The van der Waals surface area contributed by atoms with Gasteiger partial charge in [0.1, 0.15) is 11.1 Å². The largest absolute Gasteiger partial charge is 0.498 e. The Hall–Kier alpha value is -4.96. The quantitative estimate of drug-likeness (QED) is 0.156. The zero-order chi connectivity index (χ0) is 35.5. The van der Waals surface area contributed by atoms with Crippen molar-refractivity contribution in [3.8, 4) is 33.6 Å². The van der Waals surface area contributed by atoms with E-state index in [4.69, 9.17) is 9.40 Å². The van der Waals surface area contributed by atoms with Crippen LogP contribution in [-0.2, 0) is 32.9 Å². The molecular formula is C47H43IrN3O-2. The first-order valence-electron chi connectivity index (χ1n) is 17.7. The third kappa shape index (κ3) is 8.39. The molecule has 8 rings (SSSR count). The Kier molecular flexibility index (Phi) is 11.1. The van der Waals surface area contributed by atoms with Crippen molar-refractivity contribution in [2.75, 3.05) is 0 Å². The molecule has 52 heavy (non-hydrogen) atoms. The summed E-state index contributed by atoms with van der Waals surface area (Å²) < 4.78 is 6.39. The summed E-state index contributed by atoms with van der Waals surface area (Å²) in [6.45, 7) is 13.3. The molecule has 0 N–H and O–H groups in total. The average molecular weight is 858 g/mol. The third-order valence-electron chi connectivity index (χ3n) is 8.89. The van der Waals surface area contributed by atoms with E-state index in [0.717, 1.165) is 73.9 Å². The van der Waals surface area contributed by atoms with Crippen LogP contribution in [0.4, 0.5) is 0 Å². The van der Waals surface area contributed by atoms with Crippen molar-refractivity contribution in [2.45, 2.75) is 54.4 Å². The number of aromatic nitrogens is 3. The molecule has 0 atom stereocenters.